The Morgan fingerprint density at radius 1 is 1.32 bits per heavy atom. The number of thioether (sulfide) groups is 1. The van der Waals surface area contributed by atoms with E-state index in [9.17, 15) is 4.79 Å². The van der Waals surface area contributed by atoms with Gasteiger partial charge in [0.15, 0.2) is 5.13 Å². The van der Waals surface area contributed by atoms with E-state index in [0.29, 0.717) is 16.7 Å². The zero-order valence-corrected chi connectivity index (χ0v) is 12.3. The third kappa shape index (κ3) is 3.33. The number of rotatable bonds is 4. The molecule has 0 spiro atoms. The van der Waals surface area contributed by atoms with Crippen LogP contribution >= 0.6 is 23.1 Å². The van der Waals surface area contributed by atoms with Crippen molar-refractivity contribution in [1.82, 2.24) is 10.3 Å². The molecule has 2 heterocycles. The maximum Gasteiger partial charge on any atom is 0.265 e. The molecule has 1 aliphatic heterocycles. The molecule has 2 aliphatic rings. The zero-order chi connectivity index (χ0) is 13.2. The molecule has 5 nitrogen and oxygen atoms in total. The van der Waals surface area contributed by atoms with Crippen LogP contribution in [0.25, 0.3) is 0 Å². The summed E-state index contributed by atoms with van der Waals surface area (Å²) >= 11 is 3.25. The van der Waals surface area contributed by atoms with Gasteiger partial charge in [-0.25, -0.2) is 4.98 Å². The van der Waals surface area contributed by atoms with Crippen molar-refractivity contribution in [3.8, 4) is 0 Å². The van der Waals surface area contributed by atoms with Crippen LogP contribution in [0.15, 0.2) is 0 Å². The van der Waals surface area contributed by atoms with Gasteiger partial charge in [-0.15, -0.1) is 0 Å². The molecule has 2 fully saturated rings. The van der Waals surface area contributed by atoms with E-state index in [1.165, 1.54) is 36.4 Å². The van der Waals surface area contributed by atoms with Gasteiger partial charge in [0.25, 0.3) is 5.91 Å². The summed E-state index contributed by atoms with van der Waals surface area (Å²) in [5.74, 6) is 2.46. The van der Waals surface area contributed by atoms with Crippen molar-refractivity contribution in [2.24, 2.45) is 0 Å². The Bertz CT molecular complexity index is 466. The van der Waals surface area contributed by atoms with E-state index < -0.39 is 0 Å². The highest BCUT2D eigenvalue weighted by Crippen LogP contribution is 2.30. The van der Waals surface area contributed by atoms with Crippen molar-refractivity contribution in [3.63, 3.8) is 0 Å². The Balaban J connectivity index is 1.62. The third-order valence-corrected chi connectivity index (χ3v) is 5.48. The number of hydrogen-bond donors (Lipinski definition) is 3. The van der Waals surface area contributed by atoms with E-state index in [0.717, 1.165) is 17.3 Å². The van der Waals surface area contributed by atoms with Gasteiger partial charge in [-0.2, -0.15) is 11.8 Å². The van der Waals surface area contributed by atoms with Crippen LogP contribution in [-0.2, 0) is 0 Å². The zero-order valence-electron chi connectivity index (χ0n) is 10.6. The first-order valence-electron chi connectivity index (χ1n) is 6.64. The van der Waals surface area contributed by atoms with E-state index in [-0.39, 0.29) is 11.9 Å². The Morgan fingerprint density at radius 3 is 2.84 bits per heavy atom. The Hall–Kier alpha value is -0.950. The monoisotopic (exact) mass is 298 g/mol. The third-order valence-electron chi connectivity index (χ3n) is 3.26. The molecular formula is C12H18N4OS2. The van der Waals surface area contributed by atoms with Crippen LogP contribution in [0.3, 0.4) is 0 Å². The average molecular weight is 298 g/mol. The molecule has 1 atom stereocenters. The summed E-state index contributed by atoms with van der Waals surface area (Å²) in [5, 5.41) is 7.11. The Labute approximate surface area is 120 Å². The fraction of sp³-hybridized carbons (Fsp3) is 0.667. The minimum atomic E-state index is -0.0775. The van der Waals surface area contributed by atoms with Gasteiger partial charge in [-0.05, 0) is 31.4 Å². The van der Waals surface area contributed by atoms with E-state index >= 15 is 0 Å². The molecule has 1 saturated carbocycles. The molecule has 1 aromatic heterocycles. The predicted molar refractivity (Wildman–Crippen MR) is 81.0 cm³/mol. The maximum atomic E-state index is 12.2. The maximum absolute atomic E-state index is 12.2. The second-order valence-electron chi connectivity index (χ2n) is 5.04. The second-order valence-corrected chi connectivity index (χ2v) is 7.19. The normalized spacial score (nSPS) is 23.1. The van der Waals surface area contributed by atoms with Gasteiger partial charge < -0.3 is 16.4 Å². The van der Waals surface area contributed by atoms with E-state index in [1.807, 2.05) is 11.8 Å². The smallest absolute Gasteiger partial charge is 0.265 e. The summed E-state index contributed by atoms with van der Waals surface area (Å²) in [4.78, 5) is 17.0. The number of anilines is 2. The molecule has 1 aromatic rings. The molecule has 0 radical (unpaired) electrons. The number of nitrogens with one attached hydrogen (secondary N) is 2. The van der Waals surface area contributed by atoms with Crippen molar-refractivity contribution in [1.29, 1.82) is 0 Å². The number of hydrogen-bond acceptors (Lipinski definition) is 6. The Kier molecular flexibility index (Phi) is 3.83. The summed E-state index contributed by atoms with van der Waals surface area (Å²) in [6.45, 7) is 0. The van der Waals surface area contributed by atoms with Crippen LogP contribution in [0.1, 0.15) is 35.4 Å². The standard InChI is InChI=1S/C12H18N4OS2/c13-10-9(19-12(16-10)15-7-3-4-7)11(17)14-8-2-1-5-18-6-8/h7-8H,1-6,13H2,(H,14,17)(H,15,16). The summed E-state index contributed by atoms with van der Waals surface area (Å²) < 4.78 is 0. The minimum Gasteiger partial charge on any atom is -0.382 e. The van der Waals surface area contributed by atoms with Gasteiger partial charge in [-0.3, -0.25) is 4.79 Å². The fourth-order valence-corrected chi connectivity index (χ4v) is 4.00. The molecule has 1 unspecified atom stereocenters. The molecule has 3 rings (SSSR count). The summed E-state index contributed by atoms with van der Waals surface area (Å²) in [5.41, 5.74) is 5.84. The fourth-order valence-electron chi connectivity index (χ4n) is 2.06. The first kappa shape index (κ1) is 13.1. The molecular weight excluding hydrogens is 280 g/mol. The van der Waals surface area contributed by atoms with Crippen molar-refractivity contribution in [3.05, 3.63) is 4.88 Å². The van der Waals surface area contributed by atoms with Crippen LogP contribution in [0, 0.1) is 0 Å². The predicted octanol–water partition coefficient (Wildman–Crippen LogP) is 1.93. The van der Waals surface area contributed by atoms with Gasteiger partial charge in [0.1, 0.15) is 10.7 Å². The van der Waals surface area contributed by atoms with Gasteiger partial charge in [0.05, 0.1) is 0 Å². The molecule has 4 N–H and O–H groups in total. The number of aromatic nitrogens is 1. The summed E-state index contributed by atoms with van der Waals surface area (Å²) in [7, 11) is 0. The number of nitrogen functional groups attached to an aromatic ring is 1. The lowest BCUT2D eigenvalue weighted by Gasteiger charge is -2.22. The van der Waals surface area contributed by atoms with Crippen LogP contribution < -0.4 is 16.4 Å². The quantitative estimate of drug-likeness (QED) is 0.791. The van der Waals surface area contributed by atoms with Gasteiger partial charge in [0.2, 0.25) is 0 Å². The molecule has 19 heavy (non-hydrogen) atoms. The lowest BCUT2D eigenvalue weighted by Crippen LogP contribution is -2.38. The lowest BCUT2D eigenvalue weighted by molar-refractivity contribution is 0.0943. The van der Waals surface area contributed by atoms with Crippen molar-refractivity contribution >= 4 is 40.0 Å². The van der Waals surface area contributed by atoms with Gasteiger partial charge in [0, 0.05) is 17.8 Å². The van der Waals surface area contributed by atoms with Crippen LogP contribution in [0.2, 0.25) is 0 Å². The molecule has 1 amide bonds. The van der Waals surface area contributed by atoms with Crippen LogP contribution in [0.5, 0.6) is 0 Å². The highest BCUT2D eigenvalue weighted by Gasteiger charge is 2.25. The SMILES string of the molecule is Nc1nc(NC2CC2)sc1C(=O)NC1CCCSC1. The lowest BCUT2D eigenvalue weighted by atomic mass is 10.2. The Morgan fingerprint density at radius 2 is 2.16 bits per heavy atom. The summed E-state index contributed by atoms with van der Waals surface area (Å²) in [6.07, 6.45) is 4.59. The second kappa shape index (κ2) is 5.58. The van der Waals surface area contributed by atoms with Crippen molar-refractivity contribution < 1.29 is 4.79 Å². The van der Waals surface area contributed by atoms with Gasteiger partial charge in [-0.1, -0.05) is 11.3 Å². The molecule has 0 aromatic carbocycles. The number of carbonyl (C=O) groups excluding carboxylic acids is 1. The van der Waals surface area contributed by atoms with E-state index in [1.54, 1.807) is 0 Å². The van der Waals surface area contributed by atoms with Crippen molar-refractivity contribution in [2.45, 2.75) is 37.8 Å². The molecule has 7 heteroatoms. The van der Waals surface area contributed by atoms with Crippen LogP contribution in [0.4, 0.5) is 10.9 Å². The number of carbonyl (C=O) groups is 1. The topological polar surface area (TPSA) is 80.0 Å². The average Bonchev–Trinajstić information content (AvgIpc) is 3.13. The van der Waals surface area contributed by atoms with Crippen LogP contribution in [-0.4, -0.2) is 34.5 Å². The first-order valence-corrected chi connectivity index (χ1v) is 8.61. The van der Waals surface area contributed by atoms with E-state index in [2.05, 4.69) is 15.6 Å². The first-order chi connectivity index (χ1) is 9.22. The molecule has 104 valence electrons. The van der Waals surface area contributed by atoms with E-state index in [4.69, 9.17) is 5.73 Å². The van der Waals surface area contributed by atoms with Crippen molar-refractivity contribution in [2.75, 3.05) is 22.6 Å². The number of amides is 1. The number of nitrogens with zero attached hydrogens (tertiary/aromatic N) is 1. The van der Waals surface area contributed by atoms with Gasteiger partial charge >= 0.3 is 0 Å². The number of thiazole rings is 1. The minimum absolute atomic E-state index is 0.0775. The number of nitrogens with two attached hydrogens (primary N) is 1. The largest absolute Gasteiger partial charge is 0.382 e. The summed E-state index contributed by atoms with van der Waals surface area (Å²) in [6, 6.07) is 0.795. The highest BCUT2D eigenvalue weighted by atomic mass is 32.2. The molecule has 1 saturated heterocycles. The highest BCUT2D eigenvalue weighted by molar-refractivity contribution is 7.99. The molecule has 0 bridgehead atoms. The molecule has 1 aliphatic carbocycles.